The van der Waals surface area contributed by atoms with E-state index in [-0.39, 0.29) is 0 Å². The Bertz CT molecular complexity index is 752. The Hall–Kier alpha value is -2.37. The molecule has 0 aliphatic heterocycles. The van der Waals surface area contributed by atoms with Gasteiger partial charge in [0.05, 0.1) is 18.1 Å². The summed E-state index contributed by atoms with van der Waals surface area (Å²) < 4.78 is 3.65. The second kappa shape index (κ2) is 4.33. The summed E-state index contributed by atoms with van der Waals surface area (Å²) in [4.78, 5) is 4.39. The van der Waals surface area contributed by atoms with E-state index in [1.54, 1.807) is 4.68 Å². The molecule has 4 rings (SSSR count). The molecule has 1 aliphatic rings. The van der Waals surface area contributed by atoms with Gasteiger partial charge < -0.3 is 5.32 Å². The summed E-state index contributed by atoms with van der Waals surface area (Å²) in [7, 11) is 1.91. The minimum absolute atomic E-state index is 0.827. The van der Waals surface area contributed by atoms with Gasteiger partial charge in [0.25, 0.3) is 0 Å². The first kappa shape index (κ1) is 11.5. The number of hydrogen-bond acceptors (Lipinski definition) is 4. The van der Waals surface area contributed by atoms with Crippen LogP contribution in [0.1, 0.15) is 12.8 Å². The van der Waals surface area contributed by atoms with Crippen LogP contribution in [0.25, 0.3) is 16.9 Å². The van der Waals surface area contributed by atoms with E-state index in [0.717, 1.165) is 35.2 Å². The third-order valence-electron chi connectivity index (χ3n) is 3.63. The van der Waals surface area contributed by atoms with Crippen molar-refractivity contribution in [2.75, 3.05) is 11.9 Å². The van der Waals surface area contributed by atoms with Gasteiger partial charge in [0, 0.05) is 25.4 Å². The number of aromatic nitrogens is 5. The Morgan fingerprint density at radius 2 is 2.20 bits per heavy atom. The van der Waals surface area contributed by atoms with E-state index in [2.05, 4.69) is 20.5 Å². The van der Waals surface area contributed by atoms with Gasteiger partial charge in [0.1, 0.15) is 5.82 Å². The molecular formula is C14H16N6. The lowest BCUT2D eigenvalue weighted by atomic mass is 10.3. The van der Waals surface area contributed by atoms with Crippen LogP contribution in [-0.4, -0.2) is 30.9 Å². The van der Waals surface area contributed by atoms with Crippen molar-refractivity contribution in [2.45, 2.75) is 12.8 Å². The molecule has 0 atom stereocenters. The maximum absolute atomic E-state index is 4.63. The van der Waals surface area contributed by atoms with Gasteiger partial charge in [-0.3, -0.25) is 4.68 Å². The highest BCUT2D eigenvalue weighted by Crippen LogP contribution is 2.28. The summed E-state index contributed by atoms with van der Waals surface area (Å²) in [6, 6.07) is 3.97. The predicted octanol–water partition coefficient (Wildman–Crippen LogP) is 1.95. The molecule has 0 radical (unpaired) electrons. The minimum Gasteiger partial charge on any atom is -0.368 e. The number of nitrogens with one attached hydrogen (secondary N) is 1. The normalized spacial score (nSPS) is 14.8. The summed E-state index contributed by atoms with van der Waals surface area (Å²) in [5.74, 6) is 1.72. The molecule has 1 fully saturated rings. The van der Waals surface area contributed by atoms with Crippen molar-refractivity contribution in [1.82, 2.24) is 24.4 Å². The molecule has 3 aromatic heterocycles. The van der Waals surface area contributed by atoms with Gasteiger partial charge >= 0.3 is 0 Å². The highest BCUT2D eigenvalue weighted by atomic mass is 15.3. The van der Waals surface area contributed by atoms with Crippen molar-refractivity contribution in [3.8, 4) is 11.3 Å². The predicted molar refractivity (Wildman–Crippen MR) is 76.4 cm³/mol. The van der Waals surface area contributed by atoms with Crippen molar-refractivity contribution in [3.63, 3.8) is 0 Å². The number of nitrogens with zero attached hydrogens (tertiary/aromatic N) is 5. The van der Waals surface area contributed by atoms with Crippen LogP contribution in [0.2, 0.25) is 0 Å². The van der Waals surface area contributed by atoms with Gasteiger partial charge in [0.15, 0.2) is 5.65 Å². The monoisotopic (exact) mass is 268 g/mol. The van der Waals surface area contributed by atoms with Gasteiger partial charge in [-0.15, -0.1) is 5.10 Å². The maximum atomic E-state index is 4.63. The van der Waals surface area contributed by atoms with Crippen LogP contribution in [0, 0.1) is 5.92 Å². The molecule has 6 heteroatoms. The van der Waals surface area contributed by atoms with Crippen molar-refractivity contribution in [2.24, 2.45) is 13.0 Å². The standard InChI is InChI=1S/C14H16N6/c1-19-9-11(7-17-19)12-8-16-14-5-4-13(18-20(12)14)15-6-10-2-3-10/h4-5,7-10H,2-3,6H2,1H3,(H,15,18). The van der Waals surface area contributed by atoms with E-state index >= 15 is 0 Å². The van der Waals surface area contributed by atoms with Crippen LogP contribution >= 0.6 is 0 Å². The Morgan fingerprint density at radius 3 is 2.95 bits per heavy atom. The SMILES string of the molecule is Cn1cc(-c2cnc3ccc(NCC4CC4)nn23)cn1. The average molecular weight is 268 g/mol. The molecule has 0 spiro atoms. The van der Waals surface area contributed by atoms with Crippen LogP contribution in [0.4, 0.5) is 5.82 Å². The van der Waals surface area contributed by atoms with Crippen molar-refractivity contribution >= 4 is 11.5 Å². The second-order valence-corrected chi connectivity index (χ2v) is 5.36. The minimum atomic E-state index is 0.827. The smallest absolute Gasteiger partial charge is 0.154 e. The second-order valence-electron chi connectivity index (χ2n) is 5.36. The molecule has 0 aromatic carbocycles. The number of imidazole rings is 1. The molecule has 0 bridgehead atoms. The first-order chi connectivity index (χ1) is 9.79. The molecule has 3 aromatic rings. The highest BCUT2D eigenvalue weighted by molar-refractivity contribution is 5.62. The summed E-state index contributed by atoms with van der Waals surface area (Å²) >= 11 is 0. The number of anilines is 1. The number of hydrogen-bond donors (Lipinski definition) is 1. The van der Waals surface area contributed by atoms with E-state index in [1.165, 1.54) is 12.8 Å². The maximum Gasteiger partial charge on any atom is 0.154 e. The summed E-state index contributed by atoms with van der Waals surface area (Å²) in [6.45, 7) is 1.01. The van der Waals surface area contributed by atoms with Crippen molar-refractivity contribution in [3.05, 3.63) is 30.7 Å². The van der Waals surface area contributed by atoms with Crippen LogP contribution < -0.4 is 5.32 Å². The Balaban J connectivity index is 1.71. The lowest BCUT2D eigenvalue weighted by molar-refractivity contribution is 0.768. The zero-order valence-corrected chi connectivity index (χ0v) is 11.3. The average Bonchev–Trinajstić information content (AvgIpc) is 3.04. The molecule has 0 saturated heterocycles. The number of fused-ring (bicyclic) bond motifs is 1. The molecule has 6 nitrogen and oxygen atoms in total. The molecule has 1 aliphatic carbocycles. The first-order valence-corrected chi connectivity index (χ1v) is 6.87. The molecule has 20 heavy (non-hydrogen) atoms. The zero-order chi connectivity index (χ0) is 13.5. The van der Waals surface area contributed by atoms with E-state index in [9.17, 15) is 0 Å². The fourth-order valence-corrected chi connectivity index (χ4v) is 2.29. The van der Waals surface area contributed by atoms with E-state index < -0.39 is 0 Å². The topological polar surface area (TPSA) is 60.0 Å². The third kappa shape index (κ3) is 2.03. The van der Waals surface area contributed by atoms with Crippen LogP contribution in [0.15, 0.2) is 30.7 Å². The van der Waals surface area contributed by atoms with Gasteiger partial charge in [-0.05, 0) is 30.9 Å². The molecule has 1 N–H and O–H groups in total. The first-order valence-electron chi connectivity index (χ1n) is 6.87. The van der Waals surface area contributed by atoms with Gasteiger partial charge in [-0.25, -0.2) is 9.50 Å². The number of rotatable bonds is 4. The summed E-state index contributed by atoms with van der Waals surface area (Å²) in [5, 5.41) is 12.2. The molecule has 0 amide bonds. The van der Waals surface area contributed by atoms with E-state index in [1.807, 2.05) is 42.3 Å². The van der Waals surface area contributed by atoms with Crippen LogP contribution in [0.5, 0.6) is 0 Å². The molecule has 3 heterocycles. The van der Waals surface area contributed by atoms with Crippen molar-refractivity contribution in [1.29, 1.82) is 0 Å². The Morgan fingerprint density at radius 1 is 1.30 bits per heavy atom. The summed E-state index contributed by atoms with van der Waals surface area (Å²) in [5.41, 5.74) is 2.83. The highest BCUT2D eigenvalue weighted by Gasteiger charge is 2.20. The fraction of sp³-hybridized carbons (Fsp3) is 0.357. The molecular weight excluding hydrogens is 252 g/mol. The zero-order valence-electron chi connectivity index (χ0n) is 11.3. The van der Waals surface area contributed by atoms with Crippen LogP contribution in [-0.2, 0) is 7.05 Å². The molecule has 1 saturated carbocycles. The van der Waals surface area contributed by atoms with Crippen molar-refractivity contribution < 1.29 is 0 Å². The molecule has 102 valence electrons. The number of aryl methyl sites for hydroxylation is 1. The van der Waals surface area contributed by atoms with E-state index in [4.69, 9.17) is 0 Å². The lowest BCUT2D eigenvalue weighted by Crippen LogP contribution is -2.07. The summed E-state index contributed by atoms with van der Waals surface area (Å²) in [6.07, 6.45) is 8.30. The fourth-order valence-electron chi connectivity index (χ4n) is 2.29. The lowest BCUT2D eigenvalue weighted by Gasteiger charge is -2.05. The van der Waals surface area contributed by atoms with Gasteiger partial charge in [-0.2, -0.15) is 5.10 Å². The molecule has 0 unspecified atom stereocenters. The van der Waals surface area contributed by atoms with E-state index in [0.29, 0.717) is 0 Å². The van der Waals surface area contributed by atoms with Crippen LogP contribution in [0.3, 0.4) is 0 Å². The third-order valence-corrected chi connectivity index (χ3v) is 3.63. The Kier molecular flexibility index (Phi) is 2.48. The van der Waals surface area contributed by atoms with Gasteiger partial charge in [0.2, 0.25) is 0 Å². The quantitative estimate of drug-likeness (QED) is 0.785. The largest absolute Gasteiger partial charge is 0.368 e. The Labute approximate surface area is 116 Å². The van der Waals surface area contributed by atoms with Gasteiger partial charge in [-0.1, -0.05) is 0 Å².